The van der Waals surface area contributed by atoms with Crippen molar-refractivity contribution >= 4 is 34.7 Å². The van der Waals surface area contributed by atoms with E-state index >= 15 is 0 Å². The van der Waals surface area contributed by atoms with E-state index < -0.39 is 0 Å². The smallest absolute Gasteiger partial charge is 0.237 e. The largest absolute Gasteiger partial charge is 0.325 e. The minimum absolute atomic E-state index is 0.0439. The molecule has 0 radical (unpaired) electrons. The zero-order valence-electron chi connectivity index (χ0n) is 14.6. The Morgan fingerprint density at radius 1 is 1.28 bits per heavy atom. The van der Waals surface area contributed by atoms with E-state index in [-0.39, 0.29) is 11.2 Å². The number of aromatic nitrogens is 3. The van der Waals surface area contributed by atoms with Crippen LogP contribution in [0.1, 0.15) is 18.1 Å². The molecule has 2 heterocycles. The molecule has 0 fully saturated rings. The van der Waals surface area contributed by atoms with Crippen LogP contribution in [0.5, 0.6) is 0 Å². The number of nitrogens with zero attached hydrogens (tertiary/aromatic N) is 3. The third kappa shape index (κ3) is 3.93. The average Bonchev–Trinajstić information content (AvgIpc) is 3.20. The number of carbonyl (C=O) groups is 1. The highest BCUT2D eigenvalue weighted by Crippen LogP contribution is 2.28. The van der Waals surface area contributed by atoms with Gasteiger partial charge < -0.3 is 9.88 Å². The molecule has 0 aliphatic carbocycles. The standard InChI is InChI=1S/C18H20N4OS2/c1-11-7-8-14(12(2)10-11)19-17(23)13(3)25-18-21-20-16(22(18)4)15-6-5-9-24-15/h5-10,13H,1-4H3,(H,19,23). The highest BCUT2D eigenvalue weighted by atomic mass is 32.2. The Bertz CT molecular complexity index is 887. The topological polar surface area (TPSA) is 59.8 Å². The number of rotatable bonds is 5. The van der Waals surface area contributed by atoms with Crippen LogP contribution >= 0.6 is 23.1 Å². The monoisotopic (exact) mass is 372 g/mol. The summed E-state index contributed by atoms with van der Waals surface area (Å²) < 4.78 is 1.93. The molecule has 2 aromatic heterocycles. The van der Waals surface area contributed by atoms with Crippen LogP contribution in [0.15, 0.2) is 40.9 Å². The molecule has 1 N–H and O–H groups in total. The Morgan fingerprint density at radius 2 is 2.08 bits per heavy atom. The summed E-state index contributed by atoms with van der Waals surface area (Å²) in [7, 11) is 1.92. The number of hydrogen-bond donors (Lipinski definition) is 1. The van der Waals surface area contributed by atoms with Crippen LogP contribution in [-0.2, 0) is 11.8 Å². The van der Waals surface area contributed by atoms with E-state index in [1.54, 1.807) is 11.3 Å². The fourth-order valence-electron chi connectivity index (χ4n) is 2.44. The average molecular weight is 373 g/mol. The van der Waals surface area contributed by atoms with Gasteiger partial charge in [-0.1, -0.05) is 35.5 Å². The van der Waals surface area contributed by atoms with Gasteiger partial charge in [-0.2, -0.15) is 0 Å². The molecular weight excluding hydrogens is 352 g/mol. The first-order chi connectivity index (χ1) is 12.0. The maximum atomic E-state index is 12.5. The molecule has 1 aromatic carbocycles. The first kappa shape index (κ1) is 17.7. The number of hydrogen-bond acceptors (Lipinski definition) is 5. The SMILES string of the molecule is Cc1ccc(NC(=O)C(C)Sc2nnc(-c3cccs3)n2C)c(C)c1. The van der Waals surface area contributed by atoms with Crippen molar-refractivity contribution in [3.63, 3.8) is 0 Å². The Labute approximate surface area is 155 Å². The van der Waals surface area contributed by atoms with Gasteiger partial charge in [0.25, 0.3) is 0 Å². The molecule has 5 nitrogen and oxygen atoms in total. The van der Waals surface area contributed by atoms with Gasteiger partial charge in [-0.3, -0.25) is 4.79 Å². The van der Waals surface area contributed by atoms with Gasteiger partial charge in [0.2, 0.25) is 5.91 Å². The second kappa shape index (κ2) is 7.41. The molecule has 130 valence electrons. The van der Waals surface area contributed by atoms with E-state index in [4.69, 9.17) is 0 Å². The maximum Gasteiger partial charge on any atom is 0.237 e. The lowest BCUT2D eigenvalue weighted by Gasteiger charge is -2.13. The summed E-state index contributed by atoms with van der Waals surface area (Å²) in [5, 5.41) is 13.9. The van der Waals surface area contributed by atoms with Crippen molar-refractivity contribution in [1.82, 2.24) is 14.8 Å². The minimum Gasteiger partial charge on any atom is -0.325 e. The van der Waals surface area contributed by atoms with Crippen molar-refractivity contribution in [2.24, 2.45) is 7.05 Å². The van der Waals surface area contributed by atoms with E-state index in [9.17, 15) is 4.79 Å². The van der Waals surface area contributed by atoms with E-state index in [0.717, 1.165) is 27.1 Å². The Kier molecular flexibility index (Phi) is 5.24. The van der Waals surface area contributed by atoms with E-state index in [2.05, 4.69) is 21.6 Å². The van der Waals surface area contributed by atoms with Crippen molar-refractivity contribution in [3.8, 4) is 10.7 Å². The molecule has 1 atom stereocenters. The van der Waals surface area contributed by atoms with Crippen LogP contribution in [0.25, 0.3) is 10.7 Å². The highest BCUT2D eigenvalue weighted by Gasteiger charge is 2.20. The number of benzene rings is 1. The molecule has 0 spiro atoms. The Morgan fingerprint density at radius 3 is 2.76 bits per heavy atom. The second-order valence-corrected chi connectivity index (χ2v) is 8.17. The summed E-state index contributed by atoms with van der Waals surface area (Å²) in [6.07, 6.45) is 0. The lowest BCUT2D eigenvalue weighted by Crippen LogP contribution is -2.23. The van der Waals surface area contributed by atoms with Crippen LogP contribution in [0.4, 0.5) is 5.69 Å². The third-order valence-corrected chi connectivity index (χ3v) is 5.87. The number of thioether (sulfide) groups is 1. The predicted octanol–water partition coefficient (Wildman–Crippen LogP) is 4.28. The summed E-state index contributed by atoms with van der Waals surface area (Å²) in [6, 6.07) is 10.00. The van der Waals surface area contributed by atoms with Crippen LogP contribution in [0.2, 0.25) is 0 Å². The quantitative estimate of drug-likeness (QED) is 0.679. The summed E-state index contributed by atoms with van der Waals surface area (Å²) in [4.78, 5) is 13.6. The van der Waals surface area contributed by atoms with Crippen molar-refractivity contribution in [2.75, 3.05) is 5.32 Å². The van der Waals surface area contributed by atoms with Crippen molar-refractivity contribution in [2.45, 2.75) is 31.2 Å². The van der Waals surface area contributed by atoms with Crippen LogP contribution < -0.4 is 5.32 Å². The minimum atomic E-state index is -0.278. The third-order valence-electron chi connectivity index (χ3n) is 3.87. The molecular formula is C18H20N4OS2. The van der Waals surface area contributed by atoms with Gasteiger partial charge in [-0.15, -0.1) is 21.5 Å². The molecule has 7 heteroatoms. The maximum absolute atomic E-state index is 12.5. The Balaban J connectivity index is 1.69. The molecule has 0 aliphatic heterocycles. The molecule has 0 bridgehead atoms. The normalized spacial score (nSPS) is 12.2. The summed E-state index contributed by atoms with van der Waals surface area (Å²) in [6.45, 7) is 5.91. The van der Waals surface area contributed by atoms with E-state index in [0.29, 0.717) is 0 Å². The van der Waals surface area contributed by atoms with Crippen LogP contribution in [-0.4, -0.2) is 25.9 Å². The van der Waals surface area contributed by atoms with Gasteiger partial charge in [0.15, 0.2) is 11.0 Å². The van der Waals surface area contributed by atoms with Crippen molar-refractivity contribution < 1.29 is 4.79 Å². The molecule has 3 aromatic rings. The van der Waals surface area contributed by atoms with Gasteiger partial charge in [-0.05, 0) is 43.8 Å². The first-order valence-corrected chi connectivity index (χ1v) is 9.69. The number of amides is 1. The van der Waals surface area contributed by atoms with Gasteiger partial charge in [-0.25, -0.2) is 0 Å². The molecule has 1 unspecified atom stereocenters. The molecule has 3 rings (SSSR count). The number of nitrogens with one attached hydrogen (secondary N) is 1. The van der Waals surface area contributed by atoms with Gasteiger partial charge in [0.1, 0.15) is 0 Å². The van der Waals surface area contributed by atoms with E-state index in [1.165, 1.54) is 17.3 Å². The van der Waals surface area contributed by atoms with Gasteiger partial charge in [0, 0.05) is 12.7 Å². The molecule has 25 heavy (non-hydrogen) atoms. The summed E-state index contributed by atoms with van der Waals surface area (Å²) in [5.74, 6) is 0.775. The predicted molar refractivity (Wildman–Crippen MR) is 104 cm³/mol. The zero-order chi connectivity index (χ0) is 18.0. The number of anilines is 1. The van der Waals surface area contributed by atoms with Gasteiger partial charge in [0.05, 0.1) is 10.1 Å². The summed E-state index contributed by atoms with van der Waals surface area (Å²) >= 11 is 3.03. The molecule has 0 saturated heterocycles. The molecule has 0 saturated carbocycles. The zero-order valence-corrected chi connectivity index (χ0v) is 16.2. The van der Waals surface area contributed by atoms with Crippen LogP contribution in [0, 0.1) is 13.8 Å². The fourth-order valence-corrected chi connectivity index (χ4v) is 4.00. The van der Waals surface area contributed by atoms with E-state index in [1.807, 2.05) is 62.0 Å². The number of thiophene rings is 1. The second-order valence-electron chi connectivity index (χ2n) is 5.91. The first-order valence-electron chi connectivity index (χ1n) is 7.93. The molecule has 1 amide bonds. The van der Waals surface area contributed by atoms with Gasteiger partial charge >= 0.3 is 0 Å². The van der Waals surface area contributed by atoms with Crippen LogP contribution in [0.3, 0.4) is 0 Å². The van der Waals surface area contributed by atoms with Crippen molar-refractivity contribution in [3.05, 3.63) is 46.8 Å². The Hall–Kier alpha value is -2.12. The molecule has 0 aliphatic rings. The lowest BCUT2D eigenvalue weighted by molar-refractivity contribution is -0.115. The number of carbonyl (C=O) groups excluding carboxylic acids is 1. The summed E-state index contributed by atoms with van der Waals surface area (Å²) in [5.41, 5.74) is 3.09. The highest BCUT2D eigenvalue weighted by molar-refractivity contribution is 8.00. The number of aryl methyl sites for hydroxylation is 2. The van der Waals surface area contributed by atoms with Crippen molar-refractivity contribution in [1.29, 1.82) is 0 Å². The lowest BCUT2D eigenvalue weighted by atomic mass is 10.1. The fraction of sp³-hybridized carbons (Fsp3) is 0.278.